The van der Waals surface area contributed by atoms with E-state index < -0.39 is 20.0 Å². The molecular weight excluding hydrogens is 315 g/mol. The summed E-state index contributed by atoms with van der Waals surface area (Å²) in [6.07, 6.45) is -1.76. The number of hydroxylamine groups is 1. The van der Waals surface area contributed by atoms with E-state index in [2.05, 4.69) is 15.1 Å². The van der Waals surface area contributed by atoms with E-state index in [0.29, 0.717) is 0 Å². The molecule has 15 heavy (non-hydrogen) atoms. The number of amides is 2. The molecule has 0 bridgehead atoms. The molecule has 0 aromatic rings. The zero-order valence-corrected chi connectivity index (χ0v) is 6.35. The van der Waals surface area contributed by atoms with E-state index in [0.717, 1.165) is 0 Å². The quantitative estimate of drug-likeness (QED) is 0.218. The SMILES string of the molecule is NC(=O)NOC(=O)OP(=O)(O)O.[CaH2].[CaH2].[CaH2]. The number of hydrogen-bond acceptors (Lipinski definition) is 5. The first kappa shape index (κ1) is 26.1. The molecule has 9 nitrogen and oxygen atoms in total. The van der Waals surface area contributed by atoms with Crippen LogP contribution in [0.3, 0.4) is 0 Å². The van der Waals surface area contributed by atoms with Crippen LogP contribution in [0.25, 0.3) is 0 Å². The summed E-state index contributed by atoms with van der Waals surface area (Å²) in [5.41, 5.74) is 5.72. The topological polar surface area (TPSA) is 148 Å². The van der Waals surface area contributed by atoms with E-state index >= 15 is 0 Å². The van der Waals surface area contributed by atoms with Crippen molar-refractivity contribution in [2.24, 2.45) is 5.73 Å². The average Bonchev–Trinajstić information content (AvgIpc) is 1.79. The second-order valence-corrected chi connectivity index (χ2v) is 2.56. The van der Waals surface area contributed by atoms with Crippen LogP contribution in [0.2, 0.25) is 0 Å². The Kier molecular flexibility index (Phi) is 22.5. The maximum atomic E-state index is 10.2. The molecule has 0 spiro atoms. The van der Waals surface area contributed by atoms with Crippen LogP contribution in [0.5, 0.6) is 0 Å². The fraction of sp³-hybridized carbons (Fsp3) is 0. The molecule has 0 saturated carbocycles. The van der Waals surface area contributed by atoms with Crippen LogP contribution in [0.1, 0.15) is 0 Å². The van der Waals surface area contributed by atoms with Gasteiger partial charge in [-0.25, -0.2) is 14.2 Å². The summed E-state index contributed by atoms with van der Waals surface area (Å²) in [4.78, 5) is 39.6. The number of urea groups is 1. The monoisotopic (exact) mass is 326 g/mol. The molecular formula is C2H11Ca3N2O7P. The van der Waals surface area contributed by atoms with Crippen molar-refractivity contribution in [3.63, 3.8) is 0 Å². The van der Waals surface area contributed by atoms with Gasteiger partial charge in [-0.15, -0.1) is 0 Å². The zero-order valence-electron chi connectivity index (χ0n) is 5.46. The van der Waals surface area contributed by atoms with E-state index in [4.69, 9.17) is 9.79 Å². The molecule has 0 atom stereocenters. The van der Waals surface area contributed by atoms with Gasteiger partial charge in [0.1, 0.15) is 0 Å². The molecule has 0 aromatic heterocycles. The summed E-state index contributed by atoms with van der Waals surface area (Å²) in [5, 5.41) is 0. The zero-order chi connectivity index (χ0) is 9.78. The number of nitrogens with two attached hydrogens (primary N) is 1. The van der Waals surface area contributed by atoms with E-state index in [1.165, 1.54) is 5.48 Å². The van der Waals surface area contributed by atoms with Crippen molar-refractivity contribution in [1.29, 1.82) is 0 Å². The van der Waals surface area contributed by atoms with Crippen LogP contribution in [0, 0.1) is 0 Å². The summed E-state index contributed by atoms with van der Waals surface area (Å²) in [7, 11) is -4.95. The fourth-order valence-corrected chi connectivity index (χ4v) is 0.439. The standard InChI is InChI=1S/C2H5N2O7P.3Ca.6H/c3-1(5)4-10-2(6)11-12(7,8)9;;;;;;;;;/h(H3,3,4,5)(H2,7,8,9);;;;;;;;;. The Labute approximate surface area is 174 Å². The Bertz CT molecular complexity index is 242. The fourth-order valence-electron chi connectivity index (χ4n) is 0.208. The van der Waals surface area contributed by atoms with E-state index in [1.54, 1.807) is 0 Å². The first-order valence-electron chi connectivity index (χ1n) is 2.32. The maximum absolute atomic E-state index is 10.2. The summed E-state index contributed by atoms with van der Waals surface area (Å²) < 4.78 is 13.2. The molecule has 0 aliphatic heterocycles. The Balaban J connectivity index is -0.000000202. The van der Waals surface area contributed by atoms with Gasteiger partial charge in [-0.05, 0) is 0 Å². The van der Waals surface area contributed by atoms with Gasteiger partial charge in [-0.1, -0.05) is 0 Å². The molecule has 0 heterocycles. The number of primary amides is 1. The van der Waals surface area contributed by atoms with Gasteiger partial charge in [-0.3, -0.25) is 9.79 Å². The minimum atomic E-state index is -4.95. The molecule has 0 fully saturated rings. The van der Waals surface area contributed by atoms with Gasteiger partial charge in [0.2, 0.25) is 0 Å². The van der Waals surface area contributed by atoms with Gasteiger partial charge in [0.15, 0.2) is 0 Å². The molecule has 0 radical (unpaired) electrons. The third-order valence-electron chi connectivity index (χ3n) is 0.428. The van der Waals surface area contributed by atoms with E-state index in [-0.39, 0.29) is 113 Å². The Morgan fingerprint density at radius 2 is 1.60 bits per heavy atom. The molecule has 13 heteroatoms. The second kappa shape index (κ2) is 12.9. The van der Waals surface area contributed by atoms with E-state index in [1.807, 2.05) is 0 Å². The number of hydrogen-bond donors (Lipinski definition) is 4. The molecule has 0 aliphatic rings. The Morgan fingerprint density at radius 1 is 1.20 bits per heavy atom. The van der Waals surface area contributed by atoms with Crippen LogP contribution in [0.4, 0.5) is 9.59 Å². The van der Waals surface area contributed by atoms with E-state index in [9.17, 15) is 14.2 Å². The van der Waals surface area contributed by atoms with Crippen LogP contribution in [-0.4, -0.2) is 135 Å². The number of nitrogens with one attached hydrogen (secondary N) is 1. The molecule has 0 aromatic carbocycles. The van der Waals surface area contributed by atoms with Crippen LogP contribution < -0.4 is 11.2 Å². The van der Waals surface area contributed by atoms with Gasteiger partial charge in [-0.2, -0.15) is 5.48 Å². The number of carbonyl (C=O) groups is 2. The van der Waals surface area contributed by atoms with Crippen molar-refractivity contribution in [1.82, 2.24) is 5.48 Å². The van der Waals surface area contributed by atoms with Crippen LogP contribution in [-0.2, 0) is 13.9 Å². The molecule has 0 rings (SSSR count). The first-order valence-corrected chi connectivity index (χ1v) is 3.85. The number of phosphoric ester groups is 1. The van der Waals surface area contributed by atoms with Crippen molar-refractivity contribution >= 4 is 133 Å². The number of rotatable bonds is 1. The van der Waals surface area contributed by atoms with Crippen molar-refractivity contribution in [3.05, 3.63) is 0 Å². The average molecular weight is 326 g/mol. The van der Waals surface area contributed by atoms with Gasteiger partial charge < -0.3 is 15.1 Å². The summed E-state index contributed by atoms with van der Waals surface area (Å²) in [6.45, 7) is 0. The molecule has 82 valence electrons. The third kappa shape index (κ3) is 22.2. The van der Waals surface area contributed by atoms with Gasteiger partial charge in [0, 0.05) is 0 Å². The normalized spacial score (nSPS) is 8.13. The third-order valence-corrected chi connectivity index (χ3v) is 0.815. The minimum absolute atomic E-state index is 0. The van der Waals surface area contributed by atoms with Crippen molar-refractivity contribution in [2.45, 2.75) is 0 Å². The summed E-state index contributed by atoms with van der Waals surface area (Å²) >= 11 is 0. The van der Waals surface area contributed by atoms with Crippen LogP contribution in [0.15, 0.2) is 0 Å². The molecule has 0 aliphatic carbocycles. The summed E-state index contributed by atoms with van der Waals surface area (Å²) in [6, 6.07) is -1.21. The number of carbonyl (C=O) groups excluding carboxylic acids is 2. The van der Waals surface area contributed by atoms with Gasteiger partial charge in [0.05, 0.1) is 0 Å². The predicted octanol–water partition coefficient (Wildman–Crippen LogP) is -3.93. The molecule has 0 unspecified atom stereocenters. The Morgan fingerprint density at radius 3 is 1.87 bits per heavy atom. The van der Waals surface area contributed by atoms with Crippen LogP contribution >= 0.6 is 7.82 Å². The predicted molar refractivity (Wildman–Crippen MR) is 58.0 cm³/mol. The Hall–Kier alpha value is 2.47. The van der Waals surface area contributed by atoms with Gasteiger partial charge >= 0.3 is 133 Å². The second-order valence-electron chi connectivity index (χ2n) is 1.40. The molecule has 2 amide bonds. The van der Waals surface area contributed by atoms with Gasteiger partial charge in [0.25, 0.3) is 0 Å². The summed E-state index contributed by atoms with van der Waals surface area (Å²) in [5.74, 6) is 0. The van der Waals surface area contributed by atoms with Crippen molar-refractivity contribution in [2.75, 3.05) is 0 Å². The number of phosphoric acid groups is 1. The first-order chi connectivity index (χ1) is 5.31. The van der Waals surface area contributed by atoms with Crippen molar-refractivity contribution in [3.8, 4) is 0 Å². The molecule has 5 N–H and O–H groups in total. The van der Waals surface area contributed by atoms with Crippen molar-refractivity contribution < 1.29 is 33.3 Å². The molecule has 0 saturated heterocycles.